The van der Waals surface area contributed by atoms with Crippen LogP contribution in [0.25, 0.3) is 11.3 Å². The zero-order valence-corrected chi connectivity index (χ0v) is 14.0. The van der Waals surface area contributed by atoms with Crippen molar-refractivity contribution in [3.63, 3.8) is 0 Å². The number of amides is 1. The maximum absolute atomic E-state index is 13.0. The number of imidazole rings is 1. The normalized spacial score (nSPS) is 11.6. The smallest absolute Gasteiger partial charge is 0.280 e. The molecule has 1 N–H and O–H groups in total. The van der Waals surface area contributed by atoms with Gasteiger partial charge in [-0.15, -0.1) is 0 Å². The van der Waals surface area contributed by atoms with Crippen molar-refractivity contribution in [2.75, 3.05) is 7.11 Å². The van der Waals surface area contributed by atoms with Gasteiger partial charge in [-0.25, -0.2) is 4.39 Å². The van der Waals surface area contributed by atoms with Gasteiger partial charge in [0.05, 0.1) is 12.8 Å². The van der Waals surface area contributed by atoms with Gasteiger partial charge in [0, 0.05) is 18.3 Å². The van der Waals surface area contributed by atoms with Gasteiger partial charge in [-0.3, -0.25) is 4.79 Å². The third-order valence-electron chi connectivity index (χ3n) is 3.84. The summed E-state index contributed by atoms with van der Waals surface area (Å²) in [5, 5.41) is 0. The number of aromatic nitrogens is 2. The highest BCUT2D eigenvalue weighted by Crippen LogP contribution is 2.19. The van der Waals surface area contributed by atoms with Crippen molar-refractivity contribution in [3.8, 4) is 17.0 Å². The summed E-state index contributed by atoms with van der Waals surface area (Å²) in [4.78, 5) is 19.6. The molecule has 25 heavy (non-hydrogen) atoms. The summed E-state index contributed by atoms with van der Waals surface area (Å²) in [7, 11) is 1.62. The van der Waals surface area contributed by atoms with Crippen molar-refractivity contribution < 1.29 is 13.9 Å². The van der Waals surface area contributed by atoms with E-state index >= 15 is 0 Å². The highest BCUT2D eigenvalue weighted by molar-refractivity contribution is 5.94. The van der Waals surface area contributed by atoms with Crippen LogP contribution >= 0.6 is 0 Å². The Balaban J connectivity index is 1.96. The molecule has 1 heterocycles. The lowest BCUT2D eigenvalue weighted by Crippen LogP contribution is -2.19. The SMILES string of the molecule is CCn1cc(-c2ccc(OC)cc2)[nH]/c1=N/C(=O)c1ccc(F)cc1. The number of hydrogen-bond donors (Lipinski definition) is 1. The standard InChI is InChI=1S/C19H18FN3O2/c1-3-23-12-17(13-6-10-16(25-2)11-7-13)21-19(23)22-18(24)14-4-8-15(20)9-5-14/h4-12H,3H2,1-2H3,(H,21,22,24). The molecular formula is C19H18FN3O2. The number of halogens is 1. The summed E-state index contributed by atoms with van der Waals surface area (Å²) < 4.78 is 20.0. The number of nitrogens with one attached hydrogen (secondary N) is 1. The number of aromatic amines is 1. The van der Waals surface area contributed by atoms with Crippen molar-refractivity contribution in [1.82, 2.24) is 9.55 Å². The zero-order valence-electron chi connectivity index (χ0n) is 14.0. The molecule has 0 aliphatic carbocycles. The van der Waals surface area contributed by atoms with E-state index in [1.165, 1.54) is 24.3 Å². The summed E-state index contributed by atoms with van der Waals surface area (Å²) >= 11 is 0. The number of aryl methyl sites for hydroxylation is 1. The van der Waals surface area contributed by atoms with Crippen LogP contribution in [0.4, 0.5) is 4.39 Å². The Kier molecular flexibility index (Phi) is 4.79. The van der Waals surface area contributed by atoms with E-state index < -0.39 is 5.91 Å². The van der Waals surface area contributed by atoms with E-state index in [-0.39, 0.29) is 5.82 Å². The molecule has 1 aromatic heterocycles. The first-order valence-corrected chi connectivity index (χ1v) is 7.89. The van der Waals surface area contributed by atoms with Crippen LogP contribution < -0.4 is 10.4 Å². The van der Waals surface area contributed by atoms with Crippen molar-refractivity contribution in [1.29, 1.82) is 0 Å². The van der Waals surface area contributed by atoms with Gasteiger partial charge in [0.15, 0.2) is 0 Å². The first-order chi connectivity index (χ1) is 12.1. The lowest BCUT2D eigenvalue weighted by Gasteiger charge is -2.00. The van der Waals surface area contributed by atoms with Crippen LogP contribution in [0.2, 0.25) is 0 Å². The van der Waals surface area contributed by atoms with Gasteiger partial charge in [0.25, 0.3) is 5.91 Å². The number of hydrogen-bond acceptors (Lipinski definition) is 2. The topological polar surface area (TPSA) is 59.4 Å². The predicted molar refractivity (Wildman–Crippen MR) is 92.7 cm³/mol. The van der Waals surface area contributed by atoms with Crippen LogP contribution in [0.15, 0.2) is 59.7 Å². The van der Waals surface area contributed by atoms with Crippen molar-refractivity contribution in [2.45, 2.75) is 13.5 Å². The van der Waals surface area contributed by atoms with Gasteiger partial charge in [-0.05, 0) is 61.0 Å². The monoisotopic (exact) mass is 339 g/mol. The second-order valence-corrected chi connectivity index (χ2v) is 5.43. The third kappa shape index (κ3) is 3.68. The molecular weight excluding hydrogens is 321 g/mol. The molecule has 3 aromatic rings. The van der Waals surface area contributed by atoms with Gasteiger partial charge in [-0.2, -0.15) is 4.99 Å². The number of methoxy groups -OCH3 is 1. The summed E-state index contributed by atoms with van der Waals surface area (Å²) in [6.45, 7) is 2.62. The second kappa shape index (κ2) is 7.17. The van der Waals surface area contributed by atoms with Gasteiger partial charge in [0.2, 0.25) is 5.62 Å². The van der Waals surface area contributed by atoms with Crippen LogP contribution in [0.3, 0.4) is 0 Å². The van der Waals surface area contributed by atoms with Crippen molar-refractivity contribution in [3.05, 3.63) is 71.7 Å². The highest BCUT2D eigenvalue weighted by atomic mass is 19.1. The van der Waals surface area contributed by atoms with E-state index in [0.717, 1.165) is 17.0 Å². The summed E-state index contributed by atoms with van der Waals surface area (Å²) in [6.07, 6.45) is 1.90. The predicted octanol–water partition coefficient (Wildman–Crippen LogP) is 3.39. The summed E-state index contributed by atoms with van der Waals surface area (Å²) in [5.41, 5.74) is 2.58. The van der Waals surface area contributed by atoms with Crippen LogP contribution in [0, 0.1) is 5.82 Å². The zero-order chi connectivity index (χ0) is 17.8. The fourth-order valence-electron chi connectivity index (χ4n) is 2.45. The fraction of sp³-hybridized carbons (Fsp3) is 0.158. The second-order valence-electron chi connectivity index (χ2n) is 5.43. The first kappa shape index (κ1) is 16.7. The van der Waals surface area contributed by atoms with Gasteiger partial charge < -0.3 is 14.3 Å². The molecule has 0 radical (unpaired) electrons. The summed E-state index contributed by atoms with van der Waals surface area (Å²) in [5.74, 6) is -0.0396. The minimum Gasteiger partial charge on any atom is -0.497 e. The number of benzene rings is 2. The molecule has 3 rings (SSSR count). The Morgan fingerprint density at radius 3 is 2.44 bits per heavy atom. The largest absolute Gasteiger partial charge is 0.497 e. The Morgan fingerprint density at radius 1 is 1.16 bits per heavy atom. The molecule has 0 unspecified atom stereocenters. The van der Waals surface area contributed by atoms with E-state index in [1.54, 1.807) is 7.11 Å². The average Bonchev–Trinajstić information content (AvgIpc) is 3.05. The number of rotatable bonds is 4. The molecule has 0 saturated carbocycles. The van der Waals surface area contributed by atoms with E-state index in [2.05, 4.69) is 9.98 Å². The van der Waals surface area contributed by atoms with Gasteiger partial charge >= 0.3 is 0 Å². The van der Waals surface area contributed by atoms with Crippen LogP contribution in [-0.4, -0.2) is 22.6 Å². The Bertz CT molecular complexity index is 938. The molecule has 0 aliphatic heterocycles. The maximum atomic E-state index is 13.0. The first-order valence-electron chi connectivity index (χ1n) is 7.89. The Labute approximate surface area is 144 Å². The summed E-state index contributed by atoms with van der Waals surface area (Å²) in [6, 6.07) is 12.9. The highest BCUT2D eigenvalue weighted by Gasteiger charge is 2.08. The third-order valence-corrected chi connectivity index (χ3v) is 3.84. The van der Waals surface area contributed by atoms with E-state index in [1.807, 2.05) is 42.0 Å². The molecule has 0 bridgehead atoms. The molecule has 0 fully saturated rings. The van der Waals surface area contributed by atoms with E-state index in [0.29, 0.717) is 17.7 Å². The average molecular weight is 339 g/mol. The minimum absolute atomic E-state index is 0.338. The Morgan fingerprint density at radius 2 is 1.84 bits per heavy atom. The molecule has 0 atom stereocenters. The maximum Gasteiger partial charge on any atom is 0.280 e. The molecule has 128 valence electrons. The van der Waals surface area contributed by atoms with Gasteiger partial charge in [0.1, 0.15) is 11.6 Å². The number of carbonyl (C=O) groups excluding carboxylic acids is 1. The molecule has 0 aliphatic rings. The number of H-pyrrole nitrogens is 1. The molecule has 0 saturated heterocycles. The van der Waals surface area contributed by atoms with Crippen LogP contribution in [0.1, 0.15) is 17.3 Å². The van der Waals surface area contributed by atoms with Crippen LogP contribution in [0.5, 0.6) is 5.75 Å². The minimum atomic E-state index is -0.426. The quantitative estimate of drug-likeness (QED) is 0.792. The Hall–Kier alpha value is -3.15. The lowest BCUT2D eigenvalue weighted by molar-refractivity contribution is 0.0996. The molecule has 6 heteroatoms. The van der Waals surface area contributed by atoms with E-state index in [9.17, 15) is 9.18 Å². The van der Waals surface area contributed by atoms with Crippen molar-refractivity contribution >= 4 is 5.91 Å². The lowest BCUT2D eigenvalue weighted by atomic mass is 10.2. The van der Waals surface area contributed by atoms with Crippen LogP contribution in [-0.2, 0) is 6.54 Å². The molecule has 1 amide bonds. The molecule has 5 nitrogen and oxygen atoms in total. The van der Waals surface area contributed by atoms with Gasteiger partial charge in [-0.1, -0.05) is 0 Å². The number of carbonyl (C=O) groups is 1. The molecule has 0 spiro atoms. The van der Waals surface area contributed by atoms with Crippen molar-refractivity contribution in [2.24, 2.45) is 4.99 Å². The fourth-order valence-corrected chi connectivity index (χ4v) is 2.45. The number of nitrogens with zero attached hydrogens (tertiary/aromatic N) is 2. The number of ether oxygens (including phenoxy) is 1. The van der Waals surface area contributed by atoms with E-state index in [4.69, 9.17) is 4.74 Å². The molecule has 2 aromatic carbocycles.